The average Bonchev–Trinajstić information content (AvgIpc) is 3.63. The van der Waals surface area contributed by atoms with Gasteiger partial charge in [-0.3, -0.25) is 14.4 Å². The molecule has 2 N–H and O–H groups in total. The van der Waals surface area contributed by atoms with Crippen LogP contribution in [-0.2, 0) is 104 Å². The molecular weight excluding hydrogens is 902 g/mol. The summed E-state index contributed by atoms with van der Waals surface area (Å²) >= 11 is 0. The average molecular weight is 984 g/mol. The van der Waals surface area contributed by atoms with Gasteiger partial charge in [0.1, 0.15) is 12.7 Å². The number of carbonyl (C=O) groups is 3. The molecule has 0 aromatic heterocycles. The summed E-state index contributed by atoms with van der Waals surface area (Å²) in [5.41, 5.74) is 0. The van der Waals surface area contributed by atoms with Gasteiger partial charge in [-0.05, 0) is 0 Å². The Labute approximate surface area is 395 Å². The number of nitrogens with zero attached hydrogens (tertiary/aromatic N) is 1. The molecule has 0 bridgehead atoms. The number of rotatable bonds is 54. The Balaban J connectivity index is 0.0000436. The number of amides is 2. The molecule has 1 saturated heterocycles. The molecule has 0 aliphatic carbocycles. The highest BCUT2D eigenvalue weighted by Crippen LogP contribution is 2.13. The molecule has 1 unspecified atom stereocenters. The van der Waals surface area contributed by atoms with Crippen LogP contribution in [0.25, 0.3) is 0 Å². The van der Waals surface area contributed by atoms with Gasteiger partial charge in [-0.15, -0.1) is 0 Å². The minimum absolute atomic E-state index is 0. The molecular formula is C42H81NO24. The molecule has 2 amide bonds. The number of hydroxylamine groups is 2. The number of hydrogen-bond donors (Lipinski definition) is 0. The monoisotopic (exact) mass is 984 g/mol. The molecule has 25 heteroatoms. The Morgan fingerprint density at radius 1 is 0.373 bits per heavy atom. The van der Waals surface area contributed by atoms with Gasteiger partial charge in [0.2, 0.25) is 0 Å². The standard InChI is InChI=1S/C42H79NO23.H2O/c1-47-5-7-49-9-11-51-13-15-53-17-19-55-21-22-57-25-26-59-29-30-61-33-34-63-37-39(38-65-42(46)66-43-40(44)3-4-41(43)45)64-36-35-62-32-31-60-28-27-58-24-23-56-20-18-54-16-14-52-12-10-50-8-6-48-2;/h39H,3-38H2,1-2H3;1H2. The molecule has 0 aromatic carbocycles. The summed E-state index contributed by atoms with van der Waals surface area (Å²) in [6.45, 7) is 13.7. The van der Waals surface area contributed by atoms with Gasteiger partial charge in [-0.25, -0.2) is 4.79 Å². The zero-order chi connectivity index (χ0) is 47.5. The van der Waals surface area contributed by atoms with Crippen molar-refractivity contribution in [1.82, 2.24) is 5.06 Å². The molecule has 0 saturated carbocycles. The predicted molar refractivity (Wildman–Crippen MR) is 233 cm³/mol. The van der Waals surface area contributed by atoms with Crippen molar-refractivity contribution >= 4 is 18.0 Å². The Morgan fingerprint density at radius 3 is 0.881 bits per heavy atom. The van der Waals surface area contributed by atoms with Crippen LogP contribution in [-0.4, -0.2) is 273 Å². The Bertz CT molecular complexity index is 1050. The van der Waals surface area contributed by atoms with Crippen LogP contribution >= 0.6 is 0 Å². The summed E-state index contributed by atoms with van der Waals surface area (Å²) in [6.07, 6.45) is -1.99. The van der Waals surface area contributed by atoms with E-state index in [0.29, 0.717) is 190 Å². The molecule has 0 spiro atoms. The first-order valence-electron chi connectivity index (χ1n) is 22.5. The largest absolute Gasteiger partial charge is 0.534 e. The van der Waals surface area contributed by atoms with Gasteiger partial charge >= 0.3 is 6.16 Å². The van der Waals surface area contributed by atoms with Gasteiger partial charge in [0.15, 0.2) is 0 Å². The summed E-state index contributed by atoms with van der Waals surface area (Å²) < 4.78 is 103. The zero-order valence-electron chi connectivity index (χ0n) is 39.9. The highest BCUT2D eigenvalue weighted by molar-refractivity contribution is 6.01. The van der Waals surface area contributed by atoms with Crippen molar-refractivity contribution in [1.29, 1.82) is 0 Å². The van der Waals surface area contributed by atoms with Gasteiger partial charge in [0.25, 0.3) is 11.8 Å². The molecule has 1 heterocycles. The van der Waals surface area contributed by atoms with E-state index in [1.165, 1.54) is 0 Å². The van der Waals surface area contributed by atoms with Crippen LogP contribution in [0.5, 0.6) is 0 Å². The summed E-state index contributed by atoms with van der Waals surface area (Å²) in [4.78, 5) is 40.4. The van der Waals surface area contributed by atoms with Crippen LogP contribution in [0, 0.1) is 0 Å². The second-order valence-electron chi connectivity index (χ2n) is 13.4. The van der Waals surface area contributed by atoms with E-state index in [4.69, 9.17) is 94.8 Å². The minimum Gasteiger partial charge on any atom is -0.430 e. The molecule has 1 aliphatic rings. The maximum atomic E-state index is 12.2. The highest BCUT2D eigenvalue weighted by Gasteiger charge is 2.33. The molecule has 398 valence electrons. The Hall–Kier alpha value is -2.35. The first-order chi connectivity index (χ1) is 32.6. The Morgan fingerprint density at radius 2 is 0.612 bits per heavy atom. The van der Waals surface area contributed by atoms with Crippen LogP contribution in [0.1, 0.15) is 12.8 Å². The second kappa shape index (κ2) is 53.0. The third-order valence-electron chi connectivity index (χ3n) is 8.14. The Kier molecular flexibility index (Phi) is 51.2. The van der Waals surface area contributed by atoms with E-state index < -0.39 is 24.1 Å². The number of ether oxygens (including phenoxy) is 19. The van der Waals surface area contributed by atoms with Crippen LogP contribution < -0.4 is 0 Å². The van der Waals surface area contributed by atoms with Crippen molar-refractivity contribution in [3.8, 4) is 0 Å². The van der Waals surface area contributed by atoms with Crippen molar-refractivity contribution < 1.29 is 115 Å². The smallest absolute Gasteiger partial charge is 0.430 e. The van der Waals surface area contributed by atoms with E-state index in [2.05, 4.69) is 0 Å². The van der Waals surface area contributed by atoms with Gasteiger partial charge < -0.3 is 95.5 Å². The van der Waals surface area contributed by atoms with Crippen LogP contribution in [0.2, 0.25) is 0 Å². The molecule has 25 nitrogen and oxygen atoms in total. The molecule has 1 aliphatic heterocycles. The molecule has 67 heavy (non-hydrogen) atoms. The van der Waals surface area contributed by atoms with E-state index in [1.807, 2.05) is 0 Å². The molecule has 0 radical (unpaired) electrons. The lowest BCUT2D eigenvalue weighted by Crippen LogP contribution is -2.34. The lowest BCUT2D eigenvalue weighted by atomic mass is 10.4. The maximum absolute atomic E-state index is 12.2. The lowest BCUT2D eigenvalue weighted by Gasteiger charge is -2.19. The third kappa shape index (κ3) is 45.8. The fourth-order valence-electron chi connectivity index (χ4n) is 4.80. The van der Waals surface area contributed by atoms with E-state index in [0.717, 1.165) is 0 Å². The van der Waals surface area contributed by atoms with Gasteiger partial charge in [-0.2, -0.15) is 0 Å². The summed E-state index contributed by atoms with van der Waals surface area (Å²) in [5.74, 6) is -1.24. The normalized spacial score (nSPS) is 13.1. The van der Waals surface area contributed by atoms with E-state index in [-0.39, 0.29) is 58.0 Å². The summed E-state index contributed by atoms with van der Waals surface area (Å²) in [7, 11) is 3.26. The molecule has 1 rings (SSSR count). The van der Waals surface area contributed by atoms with Crippen LogP contribution in [0.15, 0.2) is 0 Å². The first-order valence-corrected chi connectivity index (χ1v) is 22.5. The van der Waals surface area contributed by atoms with Crippen LogP contribution in [0.3, 0.4) is 0 Å². The first kappa shape index (κ1) is 64.7. The van der Waals surface area contributed by atoms with Gasteiger partial charge in [-0.1, -0.05) is 5.06 Å². The van der Waals surface area contributed by atoms with Crippen molar-refractivity contribution in [2.75, 3.05) is 239 Å². The summed E-state index contributed by atoms with van der Waals surface area (Å²) in [6, 6.07) is 0. The third-order valence-corrected chi connectivity index (χ3v) is 8.14. The fourth-order valence-corrected chi connectivity index (χ4v) is 4.80. The predicted octanol–water partition coefficient (Wildman–Crippen LogP) is -0.694. The zero-order valence-corrected chi connectivity index (χ0v) is 39.9. The van der Waals surface area contributed by atoms with Crippen LogP contribution in [0.4, 0.5) is 4.79 Å². The van der Waals surface area contributed by atoms with E-state index in [1.54, 1.807) is 14.2 Å². The summed E-state index contributed by atoms with van der Waals surface area (Å²) in [5, 5.41) is 0.404. The maximum Gasteiger partial charge on any atom is 0.534 e. The van der Waals surface area contributed by atoms with Gasteiger partial charge in [0.05, 0.1) is 218 Å². The lowest BCUT2D eigenvalue weighted by molar-refractivity contribution is -0.178. The van der Waals surface area contributed by atoms with Crippen molar-refractivity contribution in [3.63, 3.8) is 0 Å². The minimum atomic E-state index is -1.21. The fraction of sp³-hybridized carbons (Fsp3) is 0.929. The SMILES string of the molecule is COCCOCCOCCOCCOCCOCCOCCOCCOCC(COC(=O)ON1C(=O)CCC1=O)OCCOCCOCCOCCOCCOCCOCCOCCOC.O. The topological polar surface area (TPSA) is 271 Å². The quantitative estimate of drug-likeness (QED) is 0.0414. The molecule has 1 fully saturated rings. The number of imide groups is 1. The second-order valence-corrected chi connectivity index (χ2v) is 13.4. The number of carbonyl (C=O) groups excluding carboxylic acids is 3. The van der Waals surface area contributed by atoms with Crippen molar-refractivity contribution in [2.45, 2.75) is 18.9 Å². The van der Waals surface area contributed by atoms with Crippen molar-refractivity contribution in [3.05, 3.63) is 0 Å². The molecule has 1 atom stereocenters. The van der Waals surface area contributed by atoms with E-state index >= 15 is 0 Å². The molecule has 0 aromatic rings. The van der Waals surface area contributed by atoms with Gasteiger partial charge in [0, 0.05) is 27.1 Å². The van der Waals surface area contributed by atoms with Crippen molar-refractivity contribution in [2.24, 2.45) is 0 Å². The van der Waals surface area contributed by atoms with E-state index in [9.17, 15) is 14.4 Å². The number of hydrogen-bond acceptors (Lipinski definition) is 23. The number of methoxy groups -OCH3 is 2. The highest BCUT2D eigenvalue weighted by atomic mass is 16.8.